The first kappa shape index (κ1) is 12.7. The van der Waals surface area contributed by atoms with Crippen LogP contribution in [0, 0.1) is 11.6 Å². The summed E-state index contributed by atoms with van der Waals surface area (Å²) in [5.41, 5.74) is 0.306. The molecule has 0 saturated carbocycles. The molecule has 0 atom stereocenters. The van der Waals surface area contributed by atoms with Gasteiger partial charge in [-0.2, -0.15) is 13.2 Å². The van der Waals surface area contributed by atoms with Crippen molar-refractivity contribution in [3.63, 3.8) is 0 Å². The summed E-state index contributed by atoms with van der Waals surface area (Å²) in [6.07, 6.45) is -3.28. The van der Waals surface area contributed by atoms with Crippen molar-refractivity contribution in [1.29, 1.82) is 0 Å². The molecule has 2 rings (SSSR count). The van der Waals surface area contributed by atoms with Crippen LogP contribution in [0.25, 0.3) is 11.0 Å². The molecule has 0 radical (unpaired) electrons. The third-order valence-electron chi connectivity index (χ3n) is 2.16. The lowest BCUT2D eigenvalue weighted by molar-refractivity contribution is -0.181. The summed E-state index contributed by atoms with van der Waals surface area (Å²) in [6, 6.07) is 1.72. The van der Waals surface area contributed by atoms with Crippen LogP contribution < -0.4 is 0 Å². The maximum absolute atomic E-state index is 13.0. The molecule has 1 aromatic carbocycles. The highest BCUT2D eigenvalue weighted by molar-refractivity contribution is 5.75. The molecule has 0 N–H and O–H groups in total. The largest absolute Gasteiger partial charge is 0.411 e. The Morgan fingerprint density at radius 1 is 1.17 bits per heavy atom. The molecule has 0 aliphatic heterocycles. The number of imidazole rings is 1. The van der Waals surface area contributed by atoms with Crippen molar-refractivity contribution in [3.05, 3.63) is 30.1 Å². The fourth-order valence-electron chi connectivity index (χ4n) is 1.42. The van der Waals surface area contributed by atoms with E-state index >= 15 is 0 Å². The monoisotopic (exact) mass is 266 g/mol. The van der Waals surface area contributed by atoms with Crippen LogP contribution in [0.3, 0.4) is 0 Å². The molecule has 1 heterocycles. The number of aromatic nitrogens is 2. The number of ether oxygens (including phenoxy) is 1. The molecule has 0 fully saturated rings. The maximum Gasteiger partial charge on any atom is 0.411 e. The summed E-state index contributed by atoms with van der Waals surface area (Å²) in [5.74, 6) is -2.16. The van der Waals surface area contributed by atoms with Crippen molar-refractivity contribution < 1.29 is 26.7 Å². The van der Waals surface area contributed by atoms with E-state index in [0.717, 1.165) is 23.0 Å². The van der Waals surface area contributed by atoms with Crippen LogP contribution in [0.2, 0.25) is 0 Å². The smallest absolute Gasteiger partial charge is 0.351 e. The van der Waals surface area contributed by atoms with E-state index < -0.39 is 31.1 Å². The minimum atomic E-state index is -4.44. The van der Waals surface area contributed by atoms with E-state index in [1.807, 2.05) is 0 Å². The Morgan fingerprint density at radius 2 is 1.83 bits per heavy atom. The molecule has 0 unspecified atom stereocenters. The van der Waals surface area contributed by atoms with Crippen LogP contribution in [-0.4, -0.2) is 22.3 Å². The second-order valence-corrected chi connectivity index (χ2v) is 3.56. The molecule has 0 saturated heterocycles. The Bertz CT molecular complexity index is 563. The molecular weight excluding hydrogens is 259 g/mol. The molecule has 98 valence electrons. The van der Waals surface area contributed by atoms with Crippen molar-refractivity contribution in [2.75, 3.05) is 6.61 Å². The second-order valence-electron chi connectivity index (χ2n) is 3.56. The summed E-state index contributed by atoms with van der Waals surface area (Å²) < 4.78 is 67.0. The summed E-state index contributed by atoms with van der Waals surface area (Å²) >= 11 is 0. The highest BCUT2D eigenvalue weighted by atomic mass is 19.4. The Morgan fingerprint density at radius 3 is 2.50 bits per heavy atom. The van der Waals surface area contributed by atoms with Gasteiger partial charge in [-0.15, -0.1) is 0 Å². The summed E-state index contributed by atoms with van der Waals surface area (Å²) in [7, 11) is 0. The van der Waals surface area contributed by atoms with Crippen molar-refractivity contribution >= 4 is 11.0 Å². The maximum atomic E-state index is 13.0. The third-order valence-corrected chi connectivity index (χ3v) is 2.16. The number of rotatable bonds is 3. The molecule has 1 aromatic heterocycles. The molecule has 0 aliphatic rings. The van der Waals surface area contributed by atoms with Crippen LogP contribution in [0.15, 0.2) is 18.5 Å². The van der Waals surface area contributed by atoms with Gasteiger partial charge in [-0.25, -0.2) is 13.8 Å². The van der Waals surface area contributed by atoms with Crippen LogP contribution in [-0.2, 0) is 11.5 Å². The van der Waals surface area contributed by atoms with Gasteiger partial charge in [-0.1, -0.05) is 0 Å². The molecule has 2 aromatic rings. The molecule has 0 aliphatic carbocycles. The fraction of sp³-hybridized carbons (Fsp3) is 0.300. The minimum absolute atomic E-state index is 0.143. The van der Waals surface area contributed by atoms with Gasteiger partial charge in [0.1, 0.15) is 13.3 Å². The van der Waals surface area contributed by atoms with Gasteiger partial charge >= 0.3 is 6.18 Å². The van der Waals surface area contributed by atoms with Gasteiger partial charge < -0.3 is 9.30 Å². The fourth-order valence-corrected chi connectivity index (χ4v) is 1.42. The van der Waals surface area contributed by atoms with E-state index in [1.165, 1.54) is 0 Å². The summed E-state index contributed by atoms with van der Waals surface area (Å²) in [4.78, 5) is 3.73. The average molecular weight is 266 g/mol. The first-order valence-corrected chi connectivity index (χ1v) is 4.81. The molecule has 3 nitrogen and oxygen atoms in total. The normalized spacial score (nSPS) is 12.3. The first-order valence-electron chi connectivity index (χ1n) is 4.81. The van der Waals surface area contributed by atoms with Crippen molar-refractivity contribution in [1.82, 2.24) is 9.55 Å². The third kappa shape index (κ3) is 2.76. The molecule has 8 heteroatoms. The Hall–Kier alpha value is -1.70. The Kier molecular flexibility index (Phi) is 3.20. The van der Waals surface area contributed by atoms with Crippen molar-refractivity contribution in [2.45, 2.75) is 12.9 Å². The van der Waals surface area contributed by atoms with E-state index in [1.54, 1.807) is 0 Å². The van der Waals surface area contributed by atoms with Gasteiger partial charge in [0.25, 0.3) is 0 Å². The number of alkyl halides is 3. The molecule has 0 amide bonds. The highest BCUT2D eigenvalue weighted by Gasteiger charge is 2.27. The van der Waals surface area contributed by atoms with Crippen LogP contribution in [0.5, 0.6) is 0 Å². The topological polar surface area (TPSA) is 27.1 Å². The predicted molar refractivity (Wildman–Crippen MR) is 51.7 cm³/mol. The lowest BCUT2D eigenvalue weighted by Crippen LogP contribution is -2.18. The van der Waals surface area contributed by atoms with E-state index in [2.05, 4.69) is 9.72 Å². The molecule has 0 spiro atoms. The van der Waals surface area contributed by atoms with Gasteiger partial charge in [0.05, 0.1) is 17.4 Å². The molecular formula is C10H7F5N2O. The molecule has 18 heavy (non-hydrogen) atoms. The van der Waals surface area contributed by atoms with Crippen LogP contribution in [0.1, 0.15) is 0 Å². The van der Waals surface area contributed by atoms with E-state index in [0.29, 0.717) is 0 Å². The van der Waals surface area contributed by atoms with E-state index in [-0.39, 0.29) is 11.0 Å². The summed E-state index contributed by atoms with van der Waals surface area (Å²) in [5, 5.41) is 0. The van der Waals surface area contributed by atoms with Crippen molar-refractivity contribution in [2.24, 2.45) is 0 Å². The number of hydrogen-bond donors (Lipinski definition) is 0. The van der Waals surface area contributed by atoms with Crippen LogP contribution >= 0.6 is 0 Å². The lowest BCUT2D eigenvalue weighted by Gasteiger charge is -2.08. The zero-order chi connectivity index (χ0) is 13.3. The molecule has 0 bridgehead atoms. The lowest BCUT2D eigenvalue weighted by atomic mass is 10.3. The van der Waals surface area contributed by atoms with Gasteiger partial charge in [-0.3, -0.25) is 0 Å². The number of halogens is 5. The van der Waals surface area contributed by atoms with Crippen LogP contribution in [0.4, 0.5) is 22.0 Å². The van der Waals surface area contributed by atoms with E-state index in [4.69, 9.17) is 0 Å². The number of benzene rings is 1. The van der Waals surface area contributed by atoms with E-state index in [9.17, 15) is 22.0 Å². The number of hydrogen-bond acceptors (Lipinski definition) is 2. The quantitative estimate of drug-likeness (QED) is 0.799. The Balaban J connectivity index is 2.17. The number of fused-ring (bicyclic) bond motifs is 1. The standard InChI is InChI=1S/C10H7F5N2O/c11-6-1-8-9(2-7(6)12)17(4-16-8)5-18-3-10(13,14)15/h1-2,4H,3,5H2. The predicted octanol–water partition coefficient (Wildman–Crippen LogP) is 2.85. The van der Waals surface area contributed by atoms with Gasteiger partial charge in [0.15, 0.2) is 11.6 Å². The second kappa shape index (κ2) is 4.52. The first-order chi connectivity index (χ1) is 8.37. The average Bonchev–Trinajstić information content (AvgIpc) is 2.60. The van der Waals surface area contributed by atoms with Gasteiger partial charge in [-0.05, 0) is 0 Å². The van der Waals surface area contributed by atoms with Gasteiger partial charge in [0.2, 0.25) is 0 Å². The minimum Gasteiger partial charge on any atom is -0.351 e. The summed E-state index contributed by atoms with van der Waals surface area (Å²) in [6.45, 7) is -1.86. The number of nitrogens with zero attached hydrogens (tertiary/aromatic N) is 2. The Labute approximate surface area is 97.8 Å². The van der Waals surface area contributed by atoms with Crippen molar-refractivity contribution in [3.8, 4) is 0 Å². The van der Waals surface area contributed by atoms with Gasteiger partial charge in [0, 0.05) is 12.1 Å². The highest BCUT2D eigenvalue weighted by Crippen LogP contribution is 2.19. The zero-order valence-electron chi connectivity index (χ0n) is 8.84. The SMILES string of the molecule is Fc1cc2ncn(COCC(F)(F)F)c2cc1F. The zero-order valence-corrected chi connectivity index (χ0v) is 8.84.